The van der Waals surface area contributed by atoms with Crippen LogP contribution in [0.2, 0.25) is 0 Å². The fourth-order valence-electron chi connectivity index (χ4n) is 1.77. The lowest BCUT2D eigenvalue weighted by molar-refractivity contribution is 0.190. The molecule has 17 heavy (non-hydrogen) atoms. The average Bonchev–Trinajstić information content (AvgIpc) is 2.44. The standard InChI is InChI=1S/C10H11FINO3S/c11-6-1-2-8(7(12)3-6)13-9-4-17(15,16)5-10(9)14/h1-3,9-10,13-14H,4-5H2. The zero-order valence-electron chi connectivity index (χ0n) is 8.73. The third-order valence-corrected chi connectivity index (χ3v) is 5.20. The first-order valence-electron chi connectivity index (χ1n) is 4.97. The van der Waals surface area contributed by atoms with Gasteiger partial charge in [0, 0.05) is 9.26 Å². The molecule has 1 aliphatic rings. The molecule has 0 aliphatic carbocycles. The first-order chi connectivity index (χ1) is 7.87. The van der Waals surface area contributed by atoms with Gasteiger partial charge in [0.25, 0.3) is 0 Å². The topological polar surface area (TPSA) is 66.4 Å². The number of rotatable bonds is 2. The first kappa shape index (κ1) is 13.0. The maximum absolute atomic E-state index is 12.9. The van der Waals surface area contributed by atoms with E-state index >= 15 is 0 Å². The quantitative estimate of drug-likeness (QED) is 0.762. The van der Waals surface area contributed by atoms with Crippen molar-refractivity contribution in [1.82, 2.24) is 0 Å². The zero-order valence-corrected chi connectivity index (χ0v) is 11.7. The Hall–Kier alpha value is -0.410. The van der Waals surface area contributed by atoms with E-state index in [0.29, 0.717) is 9.26 Å². The molecule has 2 atom stereocenters. The average molecular weight is 371 g/mol. The van der Waals surface area contributed by atoms with E-state index < -0.39 is 22.0 Å². The summed E-state index contributed by atoms with van der Waals surface area (Å²) in [6.07, 6.45) is -0.916. The van der Waals surface area contributed by atoms with E-state index in [4.69, 9.17) is 0 Å². The van der Waals surface area contributed by atoms with Crippen LogP contribution >= 0.6 is 22.6 Å². The minimum atomic E-state index is -3.17. The fraction of sp³-hybridized carbons (Fsp3) is 0.400. The van der Waals surface area contributed by atoms with Crippen LogP contribution in [0.1, 0.15) is 0 Å². The Labute approximate surface area is 112 Å². The minimum absolute atomic E-state index is 0.0956. The van der Waals surface area contributed by atoms with Gasteiger partial charge >= 0.3 is 0 Å². The van der Waals surface area contributed by atoms with Crippen molar-refractivity contribution in [3.8, 4) is 0 Å². The summed E-state index contributed by atoms with van der Waals surface area (Å²) in [5.74, 6) is -0.663. The van der Waals surface area contributed by atoms with Crippen molar-refractivity contribution in [2.45, 2.75) is 12.1 Å². The predicted molar refractivity (Wildman–Crippen MR) is 71.2 cm³/mol. The van der Waals surface area contributed by atoms with Crippen LogP contribution in [0.25, 0.3) is 0 Å². The monoisotopic (exact) mass is 371 g/mol. The molecule has 0 aromatic heterocycles. The maximum atomic E-state index is 12.9. The van der Waals surface area contributed by atoms with E-state index in [2.05, 4.69) is 5.32 Å². The highest BCUT2D eigenvalue weighted by molar-refractivity contribution is 14.1. The van der Waals surface area contributed by atoms with Crippen molar-refractivity contribution in [2.75, 3.05) is 16.8 Å². The minimum Gasteiger partial charge on any atom is -0.390 e. The molecule has 0 saturated carbocycles. The normalized spacial score (nSPS) is 27.0. The van der Waals surface area contributed by atoms with Crippen LogP contribution in [-0.2, 0) is 9.84 Å². The molecule has 0 spiro atoms. The van der Waals surface area contributed by atoms with E-state index in [1.807, 2.05) is 22.6 Å². The summed E-state index contributed by atoms with van der Waals surface area (Å²) >= 11 is 1.95. The Kier molecular flexibility index (Phi) is 3.60. The van der Waals surface area contributed by atoms with Gasteiger partial charge in [0.15, 0.2) is 9.84 Å². The number of nitrogens with one attached hydrogen (secondary N) is 1. The molecular formula is C10H11FINO3S. The lowest BCUT2D eigenvalue weighted by atomic mass is 10.2. The van der Waals surface area contributed by atoms with Crippen LogP contribution in [0.3, 0.4) is 0 Å². The van der Waals surface area contributed by atoms with Crippen LogP contribution in [0.5, 0.6) is 0 Å². The smallest absolute Gasteiger partial charge is 0.155 e. The number of hydrogen-bond donors (Lipinski definition) is 2. The molecule has 2 rings (SSSR count). The number of aliphatic hydroxyl groups excluding tert-OH is 1. The molecule has 1 fully saturated rings. The molecule has 0 radical (unpaired) electrons. The third-order valence-electron chi connectivity index (χ3n) is 2.59. The molecule has 2 N–H and O–H groups in total. The number of anilines is 1. The van der Waals surface area contributed by atoms with Crippen molar-refractivity contribution in [1.29, 1.82) is 0 Å². The highest BCUT2D eigenvalue weighted by Gasteiger charge is 2.36. The van der Waals surface area contributed by atoms with Gasteiger partial charge in [-0.05, 0) is 40.8 Å². The van der Waals surface area contributed by atoms with Crippen molar-refractivity contribution >= 4 is 38.1 Å². The van der Waals surface area contributed by atoms with Gasteiger partial charge in [-0.1, -0.05) is 0 Å². The van der Waals surface area contributed by atoms with Crippen molar-refractivity contribution in [3.05, 3.63) is 27.6 Å². The molecule has 1 aliphatic heterocycles. The SMILES string of the molecule is O=S1(=O)CC(O)C(Nc2ccc(F)cc2I)C1. The fourth-order valence-corrected chi connectivity index (χ4v) is 4.15. The molecule has 1 heterocycles. The number of sulfone groups is 1. The van der Waals surface area contributed by atoms with Gasteiger partial charge in [0.2, 0.25) is 0 Å². The van der Waals surface area contributed by atoms with E-state index in [1.54, 1.807) is 0 Å². The van der Waals surface area contributed by atoms with Gasteiger partial charge in [0.05, 0.1) is 23.7 Å². The number of aliphatic hydroxyl groups is 1. The molecule has 1 saturated heterocycles. The molecular weight excluding hydrogens is 360 g/mol. The predicted octanol–water partition coefficient (Wildman–Crippen LogP) is 1.00. The van der Waals surface area contributed by atoms with Gasteiger partial charge in [0.1, 0.15) is 5.82 Å². The van der Waals surface area contributed by atoms with Crippen LogP contribution in [0, 0.1) is 9.39 Å². The van der Waals surface area contributed by atoms with Gasteiger partial charge in [-0.15, -0.1) is 0 Å². The van der Waals surface area contributed by atoms with E-state index in [1.165, 1.54) is 18.2 Å². The lowest BCUT2D eigenvalue weighted by Gasteiger charge is -2.17. The van der Waals surface area contributed by atoms with Crippen molar-refractivity contribution in [3.63, 3.8) is 0 Å². The molecule has 4 nitrogen and oxygen atoms in total. The summed E-state index contributed by atoms with van der Waals surface area (Å²) in [5, 5.41) is 12.6. The second kappa shape index (κ2) is 4.69. The van der Waals surface area contributed by atoms with Crippen LogP contribution in [-0.4, -0.2) is 37.2 Å². The summed E-state index contributed by atoms with van der Waals surface area (Å²) in [5.41, 5.74) is 0.633. The second-order valence-corrected chi connectivity index (χ2v) is 7.34. The van der Waals surface area contributed by atoms with Gasteiger partial charge < -0.3 is 10.4 Å². The maximum Gasteiger partial charge on any atom is 0.155 e. The molecule has 2 unspecified atom stereocenters. The van der Waals surface area contributed by atoms with E-state index in [0.717, 1.165) is 0 Å². The largest absolute Gasteiger partial charge is 0.390 e. The second-order valence-electron chi connectivity index (χ2n) is 4.02. The highest BCUT2D eigenvalue weighted by atomic mass is 127. The van der Waals surface area contributed by atoms with Gasteiger partial charge in [-0.3, -0.25) is 0 Å². The zero-order chi connectivity index (χ0) is 12.6. The summed E-state index contributed by atoms with van der Waals surface area (Å²) in [6.45, 7) is 0. The van der Waals surface area contributed by atoms with E-state index in [9.17, 15) is 17.9 Å². The highest BCUT2D eigenvalue weighted by Crippen LogP contribution is 2.23. The number of hydrogen-bond acceptors (Lipinski definition) is 4. The first-order valence-corrected chi connectivity index (χ1v) is 7.87. The number of halogens is 2. The Bertz CT molecular complexity index is 534. The van der Waals surface area contributed by atoms with Crippen LogP contribution in [0.15, 0.2) is 18.2 Å². The Morgan fingerprint density at radius 2 is 2.12 bits per heavy atom. The van der Waals surface area contributed by atoms with E-state index in [-0.39, 0.29) is 17.3 Å². The Morgan fingerprint density at radius 3 is 2.65 bits per heavy atom. The molecule has 1 aromatic carbocycles. The third kappa shape index (κ3) is 3.08. The molecule has 1 aromatic rings. The van der Waals surface area contributed by atoms with Gasteiger partial charge in [-0.25, -0.2) is 12.8 Å². The van der Waals surface area contributed by atoms with Crippen molar-refractivity contribution < 1.29 is 17.9 Å². The Balaban J connectivity index is 2.17. The molecule has 0 bridgehead atoms. The molecule has 0 amide bonds. The Morgan fingerprint density at radius 1 is 1.41 bits per heavy atom. The number of benzene rings is 1. The molecule has 94 valence electrons. The van der Waals surface area contributed by atoms with Crippen LogP contribution < -0.4 is 5.32 Å². The summed E-state index contributed by atoms with van der Waals surface area (Å²) in [4.78, 5) is 0. The van der Waals surface area contributed by atoms with Crippen molar-refractivity contribution in [2.24, 2.45) is 0 Å². The molecule has 7 heteroatoms. The summed E-state index contributed by atoms with van der Waals surface area (Å²) in [6, 6.07) is 3.65. The van der Waals surface area contributed by atoms with Crippen LogP contribution in [0.4, 0.5) is 10.1 Å². The summed E-state index contributed by atoms with van der Waals surface area (Å²) < 4.78 is 36.2. The van der Waals surface area contributed by atoms with Gasteiger partial charge in [-0.2, -0.15) is 0 Å². The lowest BCUT2D eigenvalue weighted by Crippen LogP contribution is -2.32. The summed E-state index contributed by atoms with van der Waals surface area (Å²) in [7, 11) is -3.17.